The molecule has 0 bridgehead atoms. The summed E-state index contributed by atoms with van der Waals surface area (Å²) in [5.41, 5.74) is 1.07. The van der Waals surface area contributed by atoms with Crippen molar-refractivity contribution < 1.29 is 4.74 Å². The number of hydrogen-bond acceptors (Lipinski definition) is 3. The Hall–Kier alpha value is -1.58. The summed E-state index contributed by atoms with van der Waals surface area (Å²) in [6, 6.07) is 8.14. The molecule has 1 atom stereocenters. The summed E-state index contributed by atoms with van der Waals surface area (Å²) in [4.78, 5) is 1.92. The zero-order valence-electron chi connectivity index (χ0n) is 13.9. The van der Waals surface area contributed by atoms with Gasteiger partial charge >= 0.3 is 135 Å². The van der Waals surface area contributed by atoms with Crippen molar-refractivity contribution in [2.45, 2.75) is 52.4 Å². The first-order valence-electron chi connectivity index (χ1n) is 8.58. The van der Waals surface area contributed by atoms with Gasteiger partial charge in [-0.15, -0.1) is 0 Å². The molecular weight excluding hydrogens is 271 g/mol. The van der Waals surface area contributed by atoms with Gasteiger partial charge in [0.05, 0.1) is 0 Å². The van der Waals surface area contributed by atoms with Crippen LogP contribution in [0.25, 0.3) is 0 Å². The fraction of sp³-hybridized carbons (Fsp3) is 0.556. The van der Waals surface area contributed by atoms with Gasteiger partial charge < -0.3 is 0 Å². The second-order valence-electron chi connectivity index (χ2n) is 5.81. The summed E-state index contributed by atoms with van der Waals surface area (Å²) < 4.78 is 5.69. The quantitative estimate of drug-likeness (QED) is 0.502. The Kier molecular flexibility index (Phi) is 7.21. The molecule has 0 amide bonds. The maximum atomic E-state index is 5.69. The van der Waals surface area contributed by atoms with E-state index in [-0.39, 0.29) is 0 Å². The van der Waals surface area contributed by atoms with Crippen molar-refractivity contribution >= 4 is 24.9 Å². The molecule has 1 aromatic carbocycles. The molecule has 3 nitrogen and oxygen atoms in total. The molecule has 0 fully saturated rings. The number of ether oxygens (including phenoxy) is 1. The van der Waals surface area contributed by atoms with Crippen LogP contribution in [0.5, 0.6) is 5.75 Å². The van der Waals surface area contributed by atoms with Crippen molar-refractivity contribution in [2.24, 2.45) is 11.0 Å². The first kappa shape index (κ1) is 16.8. The van der Waals surface area contributed by atoms with Gasteiger partial charge in [-0.25, -0.2) is 0 Å². The molecule has 1 unspecified atom stereocenters. The summed E-state index contributed by atoms with van der Waals surface area (Å²) >= 11 is 0. The summed E-state index contributed by atoms with van der Waals surface area (Å²) in [7, 11) is 2.07. The normalized spacial score (nSPS) is 16.6. The minimum absolute atomic E-state index is 0.486. The van der Waals surface area contributed by atoms with E-state index in [1.807, 2.05) is 17.1 Å². The Balaban J connectivity index is 1.83. The molecule has 22 heavy (non-hydrogen) atoms. The molecule has 0 N–H and O–H groups in total. The van der Waals surface area contributed by atoms with Crippen molar-refractivity contribution in [3.63, 3.8) is 0 Å². The van der Waals surface area contributed by atoms with Crippen LogP contribution in [0.4, 0.5) is 5.69 Å². The molecule has 1 aliphatic heterocycles. The first-order valence-corrected chi connectivity index (χ1v) is 8.58. The number of hydrogen-bond donors (Lipinski definition) is 0. The second-order valence-corrected chi connectivity index (χ2v) is 5.81. The Morgan fingerprint density at radius 3 is 2.50 bits per heavy atom. The molecule has 1 heterocycles. The van der Waals surface area contributed by atoms with Crippen LogP contribution in [-0.2, 0) is 0 Å². The number of nitrogens with zero attached hydrogens (tertiary/aromatic N) is 2. The Morgan fingerprint density at radius 1 is 1.09 bits per heavy atom. The van der Waals surface area contributed by atoms with Crippen molar-refractivity contribution in [1.29, 1.82) is 0 Å². The van der Waals surface area contributed by atoms with Gasteiger partial charge in [-0.3, -0.25) is 0 Å². The van der Waals surface area contributed by atoms with E-state index in [2.05, 4.69) is 50.3 Å². The van der Waals surface area contributed by atoms with E-state index in [4.69, 9.17) is 4.74 Å². The summed E-state index contributed by atoms with van der Waals surface area (Å²) in [5, 5.41) is 4.55. The van der Waals surface area contributed by atoms with E-state index in [0.29, 0.717) is 5.92 Å². The number of anilines is 1. The van der Waals surface area contributed by atoms with Gasteiger partial charge in [-0.1, -0.05) is 0 Å². The van der Waals surface area contributed by atoms with Crippen LogP contribution in [0, 0.1) is 5.92 Å². The van der Waals surface area contributed by atoms with E-state index in [1.54, 1.807) is 0 Å². The van der Waals surface area contributed by atoms with Crippen LogP contribution in [0.1, 0.15) is 52.4 Å². The third-order valence-corrected chi connectivity index (χ3v) is 3.87. The predicted molar refractivity (Wildman–Crippen MR) is 97.3 cm³/mol. The van der Waals surface area contributed by atoms with E-state index in [0.717, 1.165) is 30.9 Å². The molecule has 1 aliphatic rings. The maximum absolute atomic E-state index is 5.69. The average Bonchev–Trinajstić information content (AvgIpc) is 2.57. The first-order chi connectivity index (χ1) is 10.8. The molecule has 0 saturated heterocycles. The molecule has 0 aromatic heterocycles. The SMILES string of the molecule is CCCCCC1C=BN(c2ccc(OCCCC)cc2)N=C1. The number of rotatable bonds is 9. The zero-order chi connectivity index (χ0) is 15.6. The third-order valence-electron chi connectivity index (χ3n) is 3.87. The number of unbranched alkanes of at least 4 members (excludes halogenated alkanes) is 3. The van der Waals surface area contributed by atoms with Gasteiger partial charge in [0.2, 0.25) is 0 Å². The fourth-order valence-electron chi connectivity index (χ4n) is 2.42. The van der Waals surface area contributed by atoms with Crippen LogP contribution >= 0.6 is 0 Å². The molecule has 118 valence electrons. The molecule has 0 spiro atoms. The van der Waals surface area contributed by atoms with Crippen LogP contribution in [0.15, 0.2) is 29.4 Å². The van der Waals surface area contributed by atoms with Crippen LogP contribution in [-0.4, -0.2) is 25.8 Å². The van der Waals surface area contributed by atoms with Crippen molar-refractivity contribution in [1.82, 2.24) is 0 Å². The number of benzene rings is 1. The van der Waals surface area contributed by atoms with Gasteiger partial charge in [0, 0.05) is 0 Å². The molecule has 0 aliphatic carbocycles. The number of hydrazone groups is 1. The van der Waals surface area contributed by atoms with E-state index >= 15 is 0 Å². The summed E-state index contributed by atoms with van der Waals surface area (Å²) in [6.07, 6.45) is 9.37. The van der Waals surface area contributed by atoms with Gasteiger partial charge in [-0.2, -0.15) is 0 Å². The second kappa shape index (κ2) is 9.44. The molecule has 2 rings (SSSR count). The molecule has 0 saturated carbocycles. The fourth-order valence-corrected chi connectivity index (χ4v) is 2.42. The van der Waals surface area contributed by atoms with Gasteiger partial charge in [-0.05, 0) is 0 Å². The Labute approximate surface area is 135 Å². The minimum atomic E-state index is 0.486. The van der Waals surface area contributed by atoms with Crippen LogP contribution in [0.3, 0.4) is 0 Å². The zero-order valence-corrected chi connectivity index (χ0v) is 13.9. The monoisotopic (exact) mass is 298 g/mol. The predicted octanol–water partition coefficient (Wildman–Crippen LogP) is 4.29. The molecule has 0 radical (unpaired) electrons. The molecular formula is C18H27BN2O. The van der Waals surface area contributed by atoms with Gasteiger partial charge in [0.15, 0.2) is 0 Å². The van der Waals surface area contributed by atoms with Crippen LogP contribution in [0.2, 0.25) is 0 Å². The Bertz CT molecular complexity index is 470. The van der Waals surface area contributed by atoms with Crippen molar-refractivity contribution in [3.05, 3.63) is 24.3 Å². The molecule has 4 heteroatoms. The Morgan fingerprint density at radius 2 is 1.86 bits per heavy atom. The van der Waals surface area contributed by atoms with Gasteiger partial charge in [0.1, 0.15) is 0 Å². The van der Waals surface area contributed by atoms with E-state index in [1.165, 1.54) is 25.7 Å². The molecule has 1 aromatic rings. The average molecular weight is 298 g/mol. The third kappa shape index (κ3) is 5.32. The topological polar surface area (TPSA) is 24.8 Å². The van der Waals surface area contributed by atoms with E-state index < -0.39 is 0 Å². The summed E-state index contributed by atoms with van der Waals surface area (Å²) in [5.74, 6) is 3.66. The van der Waals surface area contributed by atoms with Gasteiger partial charge in [0.25, 0.3) is 0 Å². The summed E-state index contributed by atoms with van der Waals surface area (Å²) in [6.45, 7) is 5.20. The standard InChI is InChI=1S/C18H27BN2O/c1-3-5-7-8-16-14-19-21(20-15-16)17-9-11-18(12-10-17)22-13-6-4-2/h9-12,14-16H,3-8,13H2,1-2H3. The van der Waals surface area contributed by atoms with E-state index in [9.17, 15) is 0 Å². The van der Waals surface area contributed by atoms with Crippen LogP contribution < -0.4 is 9.66 Å². The van der Waals surface area contributed by atoms with Crippen molar-refractivity contribution in [2.75, 3.05) is 11.5 Å². The van der Waals surface area contributed by atoms with Crippen molar-refractivity contribution in [3.8, 4) is 5.75 Å².